The van der Waals surface area contributed by atoms with Crippen molar-refractivity contribution in [2.45, 2.75) is 57.6 Å². The Balaban J connectivity index is 1.72. The number of rotatable bonds is 9. The number of hydrogen-bond acceptors (Lipinski definition) is 4. The standard InChI is InChI=1S/C17H24N2OS/c1-3-4-5-6-7-8-13-21-17-19-18-16(20-17)15-11-9-14(2)10-12-15/h9-12H,3-8,13H2,1-2H3. The molecule has 114 valence electrons. The highest BCUT2D eigenvalue weighted by molar-refractivity contribution is 7.99. The Morgan fingerprint density at radius 1 is 0.952 bits per heavy atom. The number of aryl methyl sites for hydroxylation is 1. The quantitative estimate of drug-likeness (QED) is 0.453. The van der Waals surface area contributed by atoms with Gasteiger partial charge in [0.15, 0.2) is 0 Å². The summed E-state index contributed by atoms with van der Waals surface area (Å²) in [6, 6.07) is 8.15. The minimum Gasteiger partial charge on any atom is -0.411 e. The molecule has 2 rings (SSSR count). The zero-order chi connectivity index (χ0) is 14.9. The number of unbranched alkanes of at least 4 members (excludes halogenated alkanes) is 5. The van der Waals surface area contributed by atoms with Crippen molar-refractivity contribution in [1.82, 2.24) is 10.2 Å². The molecule has 0 bridgehead atoms. The van der Waals surface area contributed by atoms with Gasteiger partial charge in [0.2, 0.25) is 5.89 Å². The van der Waals surface area contributed by atoms with Crippen molar-refractivity contribution >= 4 is 11.8 Å². The lowest BCUT2D eigenvalue weighted by Crippen LogP contribution is -1.82. The molecule has 0 aliphatic carbocycles. The number of aromatic nitrogens is 2. The van der Waals surface area contributed by atoms with Crippen LogP contribution in [0.3, 0.4) is 0 Å². The fourth-order valence-electron chi connectivity index (χ4n) is 2.12. The summed E-state index contributed by atoms with van der Waals surface area (Å²) in [5.41, 5.74) is 2.22. The number of benzene rings is 1. The highest BCUT2D eigenvalue weighted by Crippen LogP contribution is 2.24. The van der Waals surface area contributed by atoms with Crippen LogP contribution < -0.4 is 0 Å². The van der Waals surface area contributed by atoms with Crippen LogP contribution in [-0.2, 0) is 0 Å². The molecule has 1 aromatic carbocycles. The predicted octanol–water partition coefficient (Wildman–Crippen LogP) is 5.50. The second kappa shape index (κ2) is 8.88. The molecule has 1 heterocycles. The largest absolute Gasteiger partial charge is 0.411 e. The number of nitrogens with zero attached hydrogens (tertiary/aromatic N) is 2. The molecule has 0 saturated heterocycles. The SMILES string of the molecule is CCCCCCCCSc1nnc(-c2ccc(C)cc2)o1. The maximum atomic E-state index is 5.70. The van der Waals surface area contributed by atoms with Crippen molar-refractivity contribution < 1.29 is 4.42 Å². The van der Waals surface area contributed by atoms with Crippen LogP contribution in [0.15, 0.2) is 33.9 Å². The fraction of sp³-hybridized carbons (Fsp3) is 0.529. The molecule has 0 aliphatic heterocycles. The van der Waals surface area contributed by atoms with Crippen LogP contribution in [-0.4, -0.2) is 16.0 Å². The third-order valence-electron chi connectivity index (χ3n) is 3.43. The van der Waals surface area contributed by atoms with Gasteiger partial charge >= 0.3 is 0 Å². The molecule has 0 spiro atoms. The molecule has 0 amide bonds. The third-order valence-corrected chi connectivity index (χ3v) is 4.33. The minimum atomic E-state index is 0.612. The summed E-state index contributed by atoms with van der Waals surface area (Å²) < 4.78 is 5.70. The molecular formula is C17H24N2OS. The average Bonchev–Trinajstić information content (AvgIpc) is 2.96. The lowest BCUT2D eigenvalue weighted by atomic mass is 10.1. The van der Waals surface area contributed by atoms with Gasteiger partial charge in [0.05, 0.1) is 0 Å². The molecule has 0 N–H and O–H groups in total. The second-order valence-electron chi connectivity index (χ2n) is 5.36. The highest BCUT2D eigenvalue weighted by atomic mass is 32.2. The molecule has 0 aliphatic rings. The molecule has 0 atom stereocenters. The van der Waals surface area contributed by atoms with Crippen molar-refractivity contribution in [3.63, 3.8) is 0 Å². The summed E-state index contributed by atoms with van der Waals surface area (Å²) in [6.07, 6.45) is 7.88. The van der Waals surface area contributed by atoms with E-state index in [-0.39, 0.29) is 0 Å². The van der Waals surface area contributed by atoms with E-state index in [1.54, 1.807) is 11.8 Å². The van der Waals surface area contributed by atoms with Crippen LogP contribution >= 0.6 is 11.8 Å². The maximum Gasteiger partial charge on any atom is 0.276 e. The third kappa shape index (κ3) is 5.54. The maximum absolute atomic E-state index is 5.70. The van der Waals surface area contributed by atoms with Gasteiger partial charge in [-0.15, -0.1) is 10.2 Å². The van der Waals surface area contributed by atoms with Gasteiger partial charge in [-0.3, -0.25) is 0 Å². The molecule has 0 unspecified atom stereocenters. The highest BCUT2D eigenvalue weighted by Gasteiger charge is 2.08. The molecular weight excluding hydrogens is 280 g/mol. The molecule has 1 aromatic heterocycles. The summed E-state index contributed by atoms with van der Waals surface area (Å²) in [6.45, 7) is 4.32. The van der Waals surface area contributed by atoms with Crippen LogP contribution in [0, 0.1) is 6.92 Å². The Morgan fingerprint density at radius 2 is 1.67 bits per heavy atom. The molecule has 0 fully saturated rings. The van der Waals surface area contributed by atoms with Gasteiger partial charge in [-0.1, -0.05) is 68.5 Å². The van der Waals surface area contributed by atoms with E-state index in [0.29, 0.717) is 11.1 Å². The van der Waals surface area contributed by atoms with Gasteiger partial charge in [0.1, 0.15) is 0 Å². The van der Waals surface area contributed by atoms with Gasteiger partial charge < -0.3 is 4.42 Å². The topological polar surface area (TPSA) is 38.9 Å². The average molecular weight is 304 g/mol. The molecule has 0 radical (unpaired) electrons. The van der Waals surface area contributed by atoms with E-state index in [9.17, 15) is 0 Å². The summed E-state index contributed by atoms with van der Waals surface area (Å²) in [5, 5.41) is 8.91. The van der Waals surface area contributed by atoms with Crippen molar-refractivity contribution in [3.8, 4) is 11.5 Å². The van der Waals surface area contributed by atoms with Crippen LogP contribution in [0.2, 0.25) is 0 Å². The van der Waals surface area contributed by atoms with E-state index < -0.39 is 0 Å². The Bertz CT molecular complexity index is 522. The van der Waals surface area contributed by atoms with Gasteiger partial charge in [-0.2, -0.15) is 0 Å². The first-order chi connectivity index (χ1) is 10.3. The number of thioether (sulfide) groups is 1. The monoisotopic (exact) mass is 304 g/mol. The minimum absolute atomic E-state index is 0.612. The van der Waals surface area contributed by atoms with E-state index in [4.69, 9.17) is 4.42 Å². The first-order valence-electron chi connectivity index (χ1n) is 7.83. The predicted molar refractivity (Wildman–Crippen MR) is 88.6 cm³/mol. The molecule has 21 heavy (non-hydrogen) atoms. The molecule has 4 heteroatoms. The Hall–Kier alpha value is -1.29. The number of hydrogen-bond donors (Lipinski definition) is 0. The summed E-state index contributed by atoms with van der Waals surface area (Å²) in [4.78, 5) is 0. The van der Waals surface area contributed by atoms with Gasteiger partial charge in [0.25, 0.3) is 5.22 Å². The fourth-order valence-corrected chi connectivity index (χ4v) is 2.88. The first-order valence-corrected chi connectivity index (χ1v) is 8.81. The smallest absolute Gasteiger partial charge is 0.276 e. The Morgan fingerprint density at radius 3 is 2.43 bits per heavy atom. The normalized spacial score (nSPS) is 11.0. The lowest BCUT2D eigenvalue weighted by molar-refractivity contribution is 0.465. The van der Waals surface area contributed by atoms with Crippen molar-refractivity contribution in [1.29, 1.82) is 0 Å². The first kappa shape index (κ1) is 16.1. The summed E-state index contributed by atoms with van der Waals surface area (Å²) >= 11 is 1.66. The molecule has 0 saturated carbocycles. The van der Waals surface area contributed by atoms with E-state index in [0.717, 1.165) is 11.3 Å². The summed E-state index contributed by atoms with van der Waals surface area (Å²) in [7, 11) is 0. The van der Waals surface area contributed by atoms with Crippen molar-refractivity contribution in [3.05, 3.63) is 29.8 Å². The zero-order valence-corrected chi connectivity index (χ0v) is 13.8. The Labute approximate surface area is 131 Å². The van der Waals surface area contributed by atoms with E-state index >= 15 is 0 Å². The van der Waals surface area contributed by atoms with Gasteiger partial charge in [-0.05, 0) is 25.5 Å². The molecule has 3 nitrogen and oxygen atoms in total. The van der Waals surface area contributed by atoms with Crippen molar-refractivity contribution in [2.24, 2.45) is 0 Å². The van der Waals surface area contributed by atoms with Crippen LogP contribution in [0.4, 0.5) is 0 Å². The lowest BCUT2D eigenvalue weighted by Gasteiger charge is -1.99. The Kier molecular flexibility index (Phi) is 6.80. The zero-order valence-electron chi connectivity index (χ0n) is 13.0. The van der Waals surface area contributed by atoms with Crippen LogP contribution in [0.1, 0.15) is 51.0 Å². The van der Waals surface area contributed by atoms with E-state index in [1.807, 2.05) is 12.1 Å². The van der Waals surface area contributed by atoms with Gasteiger partial charge in [-0.25, -0.2) is 0 Å². The second-order valence-corrected chi connectivity index (χ2v) is 6.40. The van der Waals surface area contributed by atoms with Crippen LogP contribution in [0.5, 0.6) is 0 Å². The molecule has 2 aromatic rings. The van der Waals surface area contributed by atoms with Crippen molar-refractivity contribution in [2.75, 3.05) is 5.75 Å². The van der Waals surface area contributed by atoms with E-state index in [1.165, 1.54) is 44.1 Å². The van der Waals surface area contributed by atoms with E-state index in [2.05, 4.69) is 36.2 Å². The summed E-state index contributed by atoms with van der Waals surface area (Å²) in [5.74, 6) is 1.67. The van der Waals surface area contributed by atoms with Gasteiger partial charge in [0, 0.05) is 11.3 Å². The van der Waals surface area contributed by atoms with Crippen LogP contribution in [0.25, 0.3) is 11.5 Å².